The second-order valence-electron chi connectivity index (χ2n) is 3.34. The third-order valence-electron chi connectivity index (χ3n) is 1.98. The minimum absolute atomic E-state index is 0.0360. The number of halogens is 3. The summed E-state index contributed by atoms with van der Waals surface area (Å²) < 4.78 is 37.0. The third kappa shape index (κ3) is 4.47. The molecule has 0 unspecified atom stereocenters. The molecule has 0 aromatic carbocycles. The summed E-state index contributed by atoms with van der Waals surface area (Å²) >= 11 is -0.187. The maximum Gasteiger partial charge on any atom is 0.441 e. The van der Waals surface area contributed by atoms with Gasteiger partial charge in [-0.1, -0.05) is 0 Å². The molecule has 1 rings (SSSR count). The zero-order valence-electron chi connectivity index (χ0n) is 9.62. The van der Waals surface area contributed by atoms with Crippen LogP contribution in [0, 0.1) is 0 Å². The molecule has 0 atom stereocenters. The van der Waals surface area contributed by atoms with Crippen LogP contribution in [0.25, 0.3) is 0 Å². The Hall–Kier alpha value is -1.38. The minimum Gasteiger partial charge on any atom is -0.396 e. The second-order valence-corrected chi connectivity index (χ2v) is 4.50. The van der Waals surface area contributed by atoms with Crippen molar-refractivity contribution in [2.45, 2.75) is 19.0 Å². The fourth-order valence-electron chi connectivity index (χ4n) is 1.19. The average molecular weight is 282 g/mol. The molecule has 0 aliphatic heterocycles. The van der Waals surface area contributed by atoms with E-state index in [2.05, 4.69) is 10.4 Å². The third-order valence-corrected chi connectivity index (χ3v) is 2.72. The first-order chi connectivity index (χ1) is 8.33. The first-order valence-electron chi connectivity index (χ1n) is 5.15. The maximum atomic E-state index is 11.8. The molecule has 5 nitrogen and oxygen atoms in total. The number of carbonyl (C=O) groups is 1. The van der Waals surface area contributed by atoms with Gasteiger partial charge in [0.25, 0.3) is 5.91 Å². The van der Waals surface area contributed by atoms with Gasteiger partial charge in [-0.25, -0.2) is 0 Å². The van der Waals surface area contributed by atoms with E-state index in [1.54, 1.807) is 0 Å². The summed E-state index contributed by atoms with van der Waals surface area (Å²) in [5.74, 6) is -0.814. The summed E-state index contributed by atoms with van der Waals surface area (Å²) in [6.45, 7) is 2.29. The van der Waals surface area contributed by atoms with Gasteiger partial charge < -0.3 is 11.1 Å². The number of rotatable bonds is 5. The number of nitrogens with one attached hydrogen (secondary N) is 1. The fraction of sp³-hybridized carbons (Fsp3) is 0.556. The highest BCUT2D eigenvalue weighted by Gasteiger charge is 2.27. The number of nitrogens with two attached hydrogens (primary N) is 1. The van der Waals surface area contributed by atoms with Gasteiger partial charge in [-0.15, -0.1) is 0 Å². The summed E-state index contributed by atoms with van der Waals surface area (Å²) in [5.41, 5.74) is 1.52. The quantitative estimate of drug-likeness (QED) is 0.802. The van der Waals surface area contributed by atoms with E-state index in [4.69, 9.17) is 5.73 Å². The molecule has 0 saturated heterocycles. The van der Waals surface area contributed by atoms with Crippen molar-refractivity contribution in [3.05, 3.63) is 11.9 Å². The number of hydrogen-bond acceptors (Lipinski definition) is 4. The number of carbonyl (C=O) groups excluding carboxylic acids is 1. The average Bonchev–Trinajstić information content (AvgIpc) is 2.64. The van der Waals surface area contributed by atoms with Crippen LogP contribution in [-0.2, 0) is 6.54 Å². The molecule has 0 aliphatic carbocycles. The summed E-state index contributed by atoms with van der Waals surface area (Å²) in [6.07, 6.45) is 1.50. The predicted molar refractivity (Wildman–Crippen MR) is 63.2 cm³/mol. The summed E-state index contributed by atoms with van der Waals surface area (Å²) in [7, 11) is 0. The molecule has 3 N–H and O–H groups in total. The van der Waals surface area contributed by atoms with E-state index in [9.17, 15) is 18.0 Å². The molecule has 102 valence electrons. The van der Waals surface area contributed by atoms with Crippen molar-refractivity contribution < 1.29 is 18.0 Å². The minimum atomic E-state index is -4.28. The van der Waals surface area contributed by atoms with E-state index in [-0.39, 0.29) is 35.4 Å². The van der Waals surface area contributed by atoms with Crippen molar-refractivity contribution in [3.8, 4) is 0 Å². The lowest BCUT2D eigenvalue weighted by molar-refractivity contribution is -0.0327. The number of alkyl halides is 3. The highest BCUT2D eigenvalue weighted by Crippen LogP contribution is 2.29. The van der Waals surface area contributed by atoms with Gasteiger partial charge in [0, 0.05) is 25.0 Å². The van der Waals surface area contributed by atoms with Gasteiger partial charge in [0.1, 0.15) is 0 Å². The van der Waals surface area contributed by atoms with Crippen LogP contribution in [0.3, 0.4) is 0 Å². The van der Waals surface area contributed by atoms with Crippen LogP contribution < -0.4 is 11.1 Å². The van der Waals surface area contributed by atoms with E-state index >= 15 is 0 Å². The van der Waals surface area contributed by atoms with Gasteiger partial charge in [-0.05, 0) is 18.7 Å². The van der Waals surface area contributed by atoms with E-state index in [1.807, 2.05) is 6.92 Å². The number of amides is 1. The normalized spacial score (nSPS) is 11.6. The molecule has 0 fully saturated rings. The molecule has 1 aromatic heterocycles. The summed E-state index contributed by atoms with van der Waals surface area (Å²) in [6, 6.07) is 0. The highest BCUT2D eigenvalue weighted by atomic mass is 32.2. The number of nitrogen functional groups attached to an aromatic ring is 1. The van der Waals surface area contributed by atoms with Gasteiger partial charge in [0.2, 0.25) is 0 Å². The highest BCUT2D eigenvalue weighted by molar-refractivity contribution is 8.00. The van der Waals surface area contributed by atoms with E-state index < -0.39 is 11.4 Å². The standard InChI is InChI=1S/C9H13F3N4OS/c1-2-16-5-6(13)7(15-16)8(17)14-3-4-18-9(10,11)12/h5H,2-4,13H2,1H3,(H,14,17). The largest absolute Gasteiger partial charge is 0.441 e. The molecule has 18 heavy (non-hydrogen) atoms. The van der Waals surface area contributed by atoms with Crippen molar-refractivity contribution in [2.24, 2.45) is 0 Å². The Bertz CT molecular complexity index is 418. The lowest BCUT2D eigenvalue weighted by atomic mass is 10.3. The number of aryl methyl sites for hydroxylation is 1. The van der Waals surface area contributed by atoms with Gasteiger partial charge in [0.05, 0.1) is 5.69 Å². The van der Waals surface area contributed by atoms with Crippen molar-refractivity contribution in [2.75, 3.05) is 18.0 Å². The second kappa shape index (κ2) is 5.98. The Labute approximate surface area is 106 Å². The lowest BCUT2D eigenvalue weighted by Crippen LogP contribution is -2.27. The van der Waals surface area contributed by atoms with Crippen LogP contribution in [0.2, 0.25) is 0 Å². The molecule has 0 bridgehead atoms. The van der Waals surface area contributed by atoms with Crippen LogP contribution in [-0.4, -0.2) is 33.5 Å². The number of nitrogens with zero attached hydrogens (tertiary/aromatic N) is 2. The van der Waals surface area contributed by atoms with Gasteiger partial charge in [-0.2, -0.15) is 18.3 Å². The van der Waals surface area contributed by atoms with Crippen LogP contribution in [0.5, 0.6) is 0 Å². The molecule has 9 heteroatoms. The van der Waals surface area contributed by atoms with Crippen molar-refractivity contribution in [1.29, 1.82) is 0 Å². The van der Waals surface area contributed by atoms with Crippen LogP contribution >= 0.6 is 11.8 Å². The summed E-state index contributed by atoms with van der Waals surface area (Å²) in [4.78, 5) is 11.6. The smallest absolute Gasteiger partial charge is 0.396 e. The number of thioether (sulfide) groups is 1. The SMILES string of the molecule is CCn1cc(N)c(C(=O)NCCSC(F)(F)F)n1. The molecule has 1 heterocycles. The number of anilines is 1. The zero-order chi connectivity index (χ0) is 13.8. The van der Waals surface area contributed by atoms with Crippen LogP contribution in [0.15, 0.2) is 6.20 Å². The molecule has 0 saturated carbocycles. The van der Waals surface area contributed by atoms with E-state index in [0.29, 0.717) is 6.54 Å². The zero-order valence-corrected chi connectivity index (χ0v) is 10.4. The van der Waals surface area contributed by atoms with Crippen molar-refractivity contribution in [3.63, 3.8) is 0 Å². The maximum absolute atomic E-state index is 11.8. The molecule has 0 radical (unpaired) electrons. The Morgan fingerprint density at radius 1 is 1.61 bits per heavy atom. The number of aromatic nitrogens is 2. The predicted octanol–water partition coefficient (Wildman–Crippen LogP) is 1.47. The molecule has 0 spiro atoms. The first kappa shape index (κ1) is 14.7. The molecule has 1 aromatic rings. The Balaban J connectivity index is 2.43. The summed E-state index contributed by atoms with van der Waals surface area (Å²) in [5, 5.41) is 6.24. The topological polar surface area (TPSA) is 72.9 Å². The van der Waals surface area contributed by atoms with Crippen molar-refractivity contribution >= 4 is 23.4 Å². The fourth-order valence-corrected chi connectivity index (χ4v) is 1.63. The van der Waals surface area contributed by atoms with Crippen LogP contribution in [0.1, 0.15) is 17.4 Å². The number of hydrogen-bond donors (Lipinski definition) is 2. The Morgan fingerprint density at radius 2 is 2.28 bits per heavy atom. The first-order valence-corrected chi connectivity index (χ1v) is 6.14. The molecular formula is C9H13F3N4OS. The van der Waals surface area contributed by atoms with E-state index in [0.717, 1.165) is 0 Å². The Kier molecular flexibility index (Phi) is 4.88. The Morgan fingerprint density at radius 3 is 2.78 bits per heavy atom. The lowest BCUT2D eigenvalue weighted by Gasteiger charge is -2.06. The van der Waals surface area contributed by atoms with E-state index in [1.165, 1.54) is 10.9 Å². The van der Waals surface area contributed by atoms with Gasteiger partial charge in [-0.3, -0.25) is 9.48 Å². The monoisotopic (exact) mass is 282 g/mol. The molecule has 0 aliphatic rings. The van der Waals surface area contributed by atoms with Crippen LogP contribution in [0.4, 0.5) is 18.9 Å². The van der Waals surface area contributed by atoms with Gasteiger partial charge >= 0.3 is 5.51 Å². The van der Waals surface area contributed by atoms with Gasteiger partial charge in [0.15, 0.2) is 5.69 Å². The van der Waals surface area contributed by atoms with Crippen molar-refractivity contribution in [1.82, 2.24) is 15.1 Å². The molecular weight excluding hydrogens is 269 g/mol. The molecule has 1 amide bonds.